The summed E-state index contributed by atoms with van der Waals surface area (Å²) in [5.74, 6) is 3.62. The lowest BCUT2D eigenvalue weighted by molar-refractivity contribution is 0.293. The van der Waals surface area contributed by atoms with Crippen LogP contribution in [0.3, 0.4) is 0 Å². The lowest BCUT2D eigenvalue weighted by Crippen LogP contribution is -2.11. The van der Waals surface area contributed by atoms with E-state index < -0.39 is 0 Å². The highest BCUT2D eigenvalue weighted by molar-refractivity contribution is 4.65. The SMILES string of the molecule is CCC(C)C(C)CC(C)CCCCC(C)C. The predicted molar refractivity (Wildman–Crippen MR) is 75.7 cm³/mol. The van der Waals surface area contributed by atoms with Gasteiger partial charge in [0.15, 0.2) is 0 Å². The van der Waals surface area contributed by atoms with Crippen LogP contribution in [0.4, 0.5) is 0 Å². The number of unbranched alkanes of at least 4 members (excludes halogenated alkanes) is 1. The third-order valence-electron chi connectivity index (χ3n) is 4.12. The van der Waals surface area contributed by atoms with E-state index in [4.69, 9.17) is 0 Å². The molecule has 0 spiro atoms. The smallest absolute Gasteiger partial charge is 0.0415 e. The van der Waals surface area contributed by atoms with Crippen molar-refractivity contribution in [2.75, 3.05) is 0 Å². The summed E-state index contributed by atoms with van der Waals surface area (Å²) in [5.41, 5.74) is 0. The lowest BCUT2D eigenvalue weighted by atomic mass is 9.84. The van der Waals surface area contributed by atoms with Crippen LogP contribution in [0.5, 0.6) is 0 Å². The second-order valence-corrected chi connectivity index (χ2v) is 6.38. The molecule has 0 aliphatic carbocycles. The molecule has 0 aliphatic heterocycles. The van der Waals surface area contributed by atoms with Gasteiger partial charge in [0.05, 0.1) is 0 Å². The van der Waals surface area contributed by atoms with Crippen LogP contribution in [0.15, 0.2) is 0 Å². The van der Waals surface area contributed by atoms with Crippen LogP contribution in [0.1, 0.15) is 80.1 Å². The van der Waals surface area contributed by atoms with Crippen molar-refractivity contribution in [1.82, 2.24) is 0 Å². The first kappa shape index (κ1) is 16.0. The van der Waals surface area contributed by atoms with E-state index in [-0.39, 0.29) is 0 Å². The van der Waals surface area contributed by atoms with Crippen molar-refractivity contribution < 1.29 is 0 Å². The topological polar surface area (TPSA) is 0 Å². The third-order valence-corrected chi connectivity index (χ3v) is 4.12. The molecule has 3 atom stereocenters. The summed E-state index contributed by atoms with van der Waals surface area (Å²) in [7, 11) is 0. The van der Waals surface area contributed by atoms with E-state index in [9.17, 15) is 0 Å². The minimum absolute atomic E-state index is 0.884. The summed E-state index contributed by atoms with van der Waals surface area (Å²) >= 11 is 0. The van der Waals surface area contributed by atoms with Crippen LogP contribution in [0.2, 0.25) is 0 Å². The normalized spacial score (nSPS) is 17.4. The minimum atomic E-state index is 0.884. The first-order chi connectivity index (χ1) is 7.47. The molecule has 0 fully saturated rings. The fourth-order valence-electron chi connectivity index (χ4n) is 2.43. The second-order valence-electron chi connectivity index (χ2n) is 6.38. The fraction of sp³-hybridized carbons (Fsp3) is 1.00. The van der Waals surface area contributed by atoms with Gasteiger partial charge in [0.25, 0.3) is 0 Å². The van der Waals surface area contributed by atoms with E-state index >= 15 is 0 Å². The summed E-state index contributed by atoms with van der Waals surface area (Å²) in [5, 5.41) is 0. The molecular formula is C16H34. The molecule has 0 saturated heterocycles. The average molecular weight is 226 g/mol. The quantitative estimate of drug-likeness (QED) is 0.429. The van der Waals surface area contributed by atoms with Gasteiger partial charge in [-0.05, 0) is 30.1 Å². The lowest BCUT2D eigenvalue weighted by Gasteiger charge is -2.22. The largest absolute Gasteiger partial charge is 0.0651 e. The van der Waals surface area contributed by atoms with Gasteiger partial charge >= 0.3 is 0 Å². The molecule has 0 N–H and O–H groups in total. The molecule has 0 aromatic carbocycles. The van der Waals surface area contributed by atoms with Gasteiger partial charge in [-0.1, -0.05) is 73.6 Å². The first-order valence-electron chi connectivity index (χ1n) is 7.47. The van der Waals surface area contributed by atoms with Gasteiger partial charge in [0.2, 0.25) is 0 Å². The van der Waals surface area contributed by atoms with Crippen molar-refractivity contribution in [2.24, 2.45) is 23.7 Å². The minimum Gasteiger partial charge on any atom is -0.0651 e. The summed E-state index contributed by atoms with van der Waals surface area (Å²) in [4.78, 5) is 0. The molecule has 98 valence electrons. The zero-order valence-corrected chi connectivity index (χ0v) is 12.6. The summed E-state index contributed by atoms with van der Waals surface area (Å²) in [6, 6.07) is 0. The Kier molecular flexibility index (Phi) is 9.07. The van der Waals surface area contributed by atoms with E-state index in [0.29, 0.717) is 0 Å². The van der Waals surface area contributed by atoms with Crippen LogP contribution in [-0.2, 0) is 0 Å². The van der Waals surface area contributed by atoms with Crippen molar-refractivity contribution in [3.05, 3.63) is 0 Å². The van der Waals surface area contributed by atoms with Crippen molar-refractivity contribution in [3.8, 4) is 0 Å². The van der Waals surface area contributed by atoms with Crippen molar-refractivity contribution in [2.45, 2.75) is 80.1 Å². The Morgan fingerprint density at radius 2 is 1.31 bits per heavy atom. The van der Waals surface area contributed by atoms with E-state index in [0.717, 1.165) is 23.7 Å². The van der Waals surface area contributed by atoms with Crippen LogP contribution < -0.4 is 0 Å². The summed E-state index contributed by atoms with van der Waals surface area (Å²) in [6.07, 6.45) is 8.48. The van der Waals surface area contributed by atoms with Crippen LogP contribution in [0, 0.1) is 23.7 Å². The van der Waals surface area contributed by atoms with E-state index in [2.05, 4.69) is 41.5 Å². The standard InChI is InChI=1S/C16H34/c1-7-15(5)16(6)12-14(4)11-9-8-10-13(2)3/h13-16H,7-12H2,1-6H3. The van der Waals surface area contributed by atoms with E-state index in [1.807, 2.05) is 0 Å². The highest BCUT2D eigenvalue weighted by Crippen LogP contribution is 2.25. The molecule has 0 amide bonds. The molecule has 0 rings (SSSR count). The van der Waals surface area contributed by atoms with Crippen molar-refractivity contribution in [3.63, 3.8) is 0 Å². The van der Waals surface area contributed by atoms with Crippen LogP contribution >= 0.6 is 0 Å². The Labute approximate surface area is 104 Å². The molecule has 0 aliphatic rings. The van der Waals surface area contributed by atoms with Gasteiger partial charge in [-0.25, -0.2) is 0 Å². The number of hydrogen-bond acceptors (Lipinski definition) is 0. The van der Waals surface area contributed by atoms with Crippen LogP contribution in [-0.4, -0.2) is 0 Å². The molecule has 0 saturated carbocycles. The molecular weight excluding hydrogens is 192 g/mol. The maximum atomic E-state index is 2.44. The molecule has 0 radical (unpaired) electrons. The molecule has 0 aromatic rings. The highest BCUT2D eigenvalue weighted by Gasteiger charge is 2.13. The van der Waals surface area contributed by atoms with Crippen molar-refractivity contribution in [1.29, 1.82) is 0 Å². The van der Waals surface area contributed by atoms with Gasteiger partial charge in [0.1, 0.15) is 0 Å². The molecule has 16 heavy (non-hydrogen) atoms. The highest BCUT2D eigenvalue weighted by atomic mass is 14.2. The molecule has 0 nitrogen and oxygen atoms in total. The molecule has 0 aromatic heterocycles. The van der Waals surface area contributed by atoms with Gasteiger partial charge in [0, 0.05) is 0 Å². The van der Waals surface area contributed by atoms with Gasteiger partial charge in [-0.2, -0.15) is 0 Å². The number of hydrogen-bond donors (Lipinski definition) is 0. The Balaban J connectivity index is 3.54. The maximum absolute atomic E-state index is 2.44. The van der Waals surface area contributed by atoms with Gasteiger partial charge in [-0.15, -0.1) is 0 Å². The summed E-state index contributed by atoms with van der Waals surface area (Å²) < 4.78 is 0. The van der Waals surface area contributed by atoms with Gasteiger partial charge in [-0.3, -0.25) is 0 Å². The summed E-state index contributed by atoms with van der Waals surface area (Å²) in [6.45, 7) is 14.2. The molecule has 0 heterocycles. The second kappa shape index (κ2) is 9.07. The Morgan fingerprint density at radius 3 is 1.81 bits per heavy atom. The zero-order valence-electron chi connectivity index (χ0n) is 12.6. The molecule has 0 bridgehead atoms. The van der Waals surface area contributed by atoms with Crippen LogP contribution in [0.25, 0.3) is 0 Å². The fourth-order valence-corrected chi connectivity index (χ4v) is 2.43. The zero-order chi connectivity index (χ0) is 12.6. The number of rotatable bonds is 9. The average Bonchev–Trinajstić information content (AvgIpc) is 2.22. The Bertz CT molecular complexity index is 148. The molecule has 0 heteroatoms. The monoisotopic (exact) mass is 226 g/mol. The Morgan fingerprint density at radius 1 is 0.750 bits per heavy atom. The van der Waals surface area contributed by atoms with E-state index in [1.54, 1.807) is 0 Å². The maximum Gasteiger partial charge on any atom is -0.0415 e. The third kappa shape index (κ3) is 8.19. The van der Waals surface area contributed by atoms with Crippen molar-refractivity contribution >= 4 is 0 Å². The first-order valence-corrected chi connectivity index (χ1v) is 7.47. The predicted octanol–water partition coefficient (Wildman–Crippen LogP) is 5.91. The Hall–Kier alpha value is 0. The van der Waals surface area contributed by atoms with E-state index in [1.165, 1.54) is 38.5 Å². The molecule has 3 unspecified atom stereocenters. The van der Waals surface area contributed by atoms with Gasteiger partial charge < -0.3 is 0 Å².